The van der Waals surface area contributed by atoms with Gasteiger partial charge in [-0.1, -0.05) is 19.3 Å². The highest BCUT2D eigenvalue weighted by Crippen LogP contribution is 2.36. The first-order valence-corrected chi connectivity index (χ1v) is 6.77. The maximum absolute atomic E-state index is 12.3. The lowest BCUT2D eigenvalue weighted by molar-refractivity contribution is -0.140. The highest BCUT2D eigenvalue weighted by Gasteiger charge is 2.41. The van der Waals surface area contributed by atoms with Crippen LogP contribution in [0.5, 0.6) is 0 Å². The average molecular weight is 285 g/mol. The first-order valence-electron chi connectivity index (χ1n) is 6.77. The third kappa shape index (κ3) is 3.85. The summed E-state index contributed by atoms with van der Waals surface area (Å²) in [4.78, 5) is 37.0. The van der Waals surface area contributed by atoms with Crippen LogP contribution in [0.3, 0.4) is 0 Å². The summed E-state index contributed by atoms with van der Waals surface area (Å²) in [5, 5.41) is 9.12. The Balaban J connectivity index is 2.86. The average Bonchev–Trinajstić information content (AvgIpc) is 2.36. The van der Waals surface area contributed by atoms with E-state index in [2.05, 4.69) is 0 Å². The fourth-order valence-corrected chi connectivity index (χ4v) is 2.88. The van der Waals surface area contributed by atoms with Gasteiger partial charge in [-0.25, -0.2) is 4.79 Å². The number of amides is 3. The minimum atomic E-state index is -0.913. The summed E-state index contributed by atoms with van der Waals surface area (Å²) in [6.07, 6.45) is 4.15. The van der Waals surface area contributed by atoms with E-state index in [0.29, 0.717) is 12.8 Å². The van der Waals surface area contributed by atoms with E-state index in [1.54, 1.807) is 7.05 Å². The van der Waals surface area contributed by atoms with Crippen molar-refractivity contribution in [2.45, 2.75) is 44.1 Å². The topological polar surface area (TPSA) is 104 Å². The molecule has 0 aromatic carbocycles. The Morgan fingerprint density at radius 1 is 1.15 bits per heavy atom. The third-order valence-electron chi connectivity index (χ3n) is 3.98. The summed E-state index contributed by atoms with van der Waals surface area (Å²) in [6, 6.07) is -0.369. The first kappa shape index (κ1) is 16.3. The SMILES string of the molecule is CN(CC(N)=O)C(=O)N(C)C1(CC(=O)O)CCCCC1. The van der Waals surface area contributed by atoms with Gasteiger partial charge in [0.2, 0.25) is 5.91 Å². The second-order valence-corrected chi connectivity index (χ2v) is 5.52. The minimum Gasteiger partial charge on any atom is -0.481 e. The van der Waals surface area contributed by atoms with Gasteiger partial charge in [0.1, 0.15) is 6.54 Å². The van der Waals surface area contributed by atoms with E-state index in [9.17, 15) is 14.4 Å². The van der Waals surface area contributed by atoms with Crippen molar-refractivity contribution in [1.29, 1.82) is 0 Å². The molecule has 0 bridgehead atoms. The van der Waals surface area contributed by atoms with Crippen molar-refractivity contribution in [3.63, 3.8) is 0 Å². The van der Waals surface area contributed by atoms with Crippen LogP contribution in [-0.4, -0.2) is 59.0 Å². The van der Waals surface area contributed by atoms with Crippen LogP contribution >= 0.6 is 0 Å². The summed E-state index contributed by atoms with van der Waals surface area (Å²) in [5.41, 5.74) is 4.42. The normalized spacial score (nSPS) is 17.3. The second-order valence-electron chi connectivity index (χ2n) is 5.52. The van der Waals surface area contributed by atoms with E-state index < -0.39 is 17.4 Å². The van der Waals surface area contributed by atoms with Crippen molar-refractivity contribution in [3.8, 4) is 0 Å². The van der Waals surface area contributed by atoms with Crippen LogP contribution in [0, 0.1) is 0 Å². The molecule has 7 nitrogen and oxygen atoms in total. The van der Waals surface area contributed by atoms with Crippen molar-refractivity contribution in [2.24, 2.45) is 5.73 Å². The van der Waals surface area contributed by atoms with Crippen molar-refractivity contribution in [3.05, 3.63) is 0 Å². The summed E-state index contributed by atoms with van der Waals surface area (Å²) < 4.78 is 0. The first-order chi connectivity index (χ1) is 9.28. The second kappa shape index (κ2) is 6.58. The Bertz CT molecular complexity index is 391. The highest BCUT2D eigenvalue weighted by atomic mass is 16.4. The molecule has 0 radical (unpaired) electrons. The molecule has 1 saturated carbocycles. The van der Waals surface area contributed by atoms with Crippen molar-refractivity contribution in [1.82, 2.24) is 9.80 Å². The number of carboxylic acid groups (broad SMARTS) is 1. The molecule has 1 aliphatic rings. The number of hydrogen-bond acceptors (Lipinski definition) is 3. The van der Waals surface area contributed by atoms with Gasteiger partial charge in [-0.05, 0) is 12.8 Å². The summed E-state index contributed by atoms with van der Waals surface area (Å²) >= 11 is 0. The van der Waals surface area contributed by atoms with E-state index in [1.807, 2.05) is 0 Å². The predicted octanol–water partition coefficient (Wildman–Crippen LogP) is 0.633. The molecule has 1 rings (SSSR count). The Morgan fingerprint density at radius 2 is 1.70 bits per heavy atom. The zero-order valence-electron chi connectivity index (χ0n) is 12.1. The molecule has 1 fully saturated rings. The number of aliphatic carboxylic acids is 1. The zero-order chi connectivity index (χ0) is 15.3. The van der Waals surface area contributed by atoms with Crippen LogP contribution in [0.4, 0.5) is 4.79 Å². The molecule has 0 aliphatic heterocycles. The fourth-order valence-electron chi connectivity index (χ4n) is 2.88. The van der Waals surface area contributed by atoms with Gasteiger partial charge in [-0.15, -0.1) is 0 Å². The van der Waals surface area contributed by atoms with E-state index in [1.165, 1.54) is 16.8 Å². The molecule has 1 aliphatic carbocycles. The van der Waals surface area contributed by atoms with Crippen LogP contribution < -0.4 is 5.73 Å². The fraction of sp³-hybridized carbons (Fsp3) is 0.769. The van der Waals surface area contributed by atoms with Gasteiger partial charge in [0.25, 0.3) is 0 Å². The molecule has 0 aromatic heterocycles. The molecule has 0 spiro atoms. The Kier molecular flexibility index (Phi) is 5.35. The number of nitrogens with zero attached hydrogens (tertiary/aromatic N) is 2. The number of likely N-dealkylation sites (N-methyl/N-ethyl adjacent to an activating group) is 1. The molecule has 0 saturated heterocycles. The molecule has 114 valence electrons. The number of nitrogens with two attached hydrogens (primary N) is 1. The number of primary amides is 1. The molecule has 20 heavy (non-hydrogen) atoms. The van der Waals surface area contributed by atoms with Gasteiger partial charge in [-0.2, -0.15) is 0 Å². The number of carbonyl (C=O) groups is 3. The van der Waals surface area contributed by atoms with Gasteiger partial charge in [-0.3, -0.25) is 9.59 Å². The highest BCUT2D eigenvalue weighted by molar-refractivity contribution is 5.83. The minimum absolute atomic E-state index is 0.0698. The molecule has 0 unspecified atom stereocenters. The van der Waals surface area contributed by atoms with Crippen LogP contribution in [0.25, 0.3) is 0 Å². The van der Waals surface area contributed by atoms with E-state index >= 15 is 0 Å². The van der Waals surface area contributed by atoms with Gasteiger partial charge >= 0.3 is 12.0 Å². The van der Waals surface area contributed by atoms with Crippen molar-refractivity contribution >= 4 is 17.9 Å². The quantitative estimate of drug-likeness (QED) is 0.773. The van der Waals surface area contributed by atoms with Crippen LogP contribution in [0.15, 0.2) is 0 Å². The van der Waals surface area contributed by atoms with E-state index in [0.717, 1.165) is 19.3 Å². The standard InChI is InChI=1S/C13H23N3O4/c1-15(9-10(14)17)12(20)16(2)13(8-11(18)19)6-4-3-5-7-13/h3-9H2,1-2H3,(H2,14,17)(H,18,19). The van der Waals surface area contributed by atoms with Gasteiger partial charge in [0.05, 0.1) is 12.0 Å². The van der Waals surface area contributed by atoms with Gasteiger partial charge in [0.15, 0.2) is 0 Å². The molecule has 0 aromatic rings. The Labute approximate surface area is 118 Å². The number of carbonyl (C=O) groups excluding carboxylic acids is 2. The van der Waals surface area contributed by atoms with Gasteiger partial charge < -0.3 is 20.6 Å². The Hall–Kier alpha value is -1.79. The lowest BCUT2D eigenvalue weighted by atomic mass is 9.78. The zero-order valence-corrected chi connectivity index (χ0v) is 12.1. The van der Waals surface area contributed by atoms with Crippen LogP contribution in [0.1, 0.15) is 38.5 Å². The number of carboxylic acids is 1. The molecular formula is C13H23N3O4. The number of urea groups is 1. The monoisotopic (exact) mass is 285 g/mol. The smallest absolute Gasteiger partial charge is 0.320 e. The predicted molar refractivity (Wildman–Crippen MR) is 73.1 cm³/mol. The largest absolute Gasteiger partial charge is 0.481 e. The van der Waals surface area contributed by atoms with E-state index in [-0.39, 0.29) is 19.0 Å². The summed E-state index contributed by atoms with van der Waals surface area (Å²) in [7, 11) is 3.09. The van der Waals surface area contributed by atoms with E-state index in [4.69, 9.17) is 10.8 Å². The maximum Gasteiger partial charge on any atom is 0.320 e. The van der Waals surface area contributed by atoms with Crippen LogP contribution in [0.2, 0.25) is 0 Å². The summed E-state index contributed by atoms with van der Waals surface area (Å²) in [5.74, 6) is -1.51. The number of hydrogen-bond donors (Lipinski definition) is 2. The van der Waals surface area contributed by atoms with Crippen molar-refractivity contribution in [2.75, 3.05) is 20.6 Å². The lowest BCUT2D eigenvalue weighted by Gasteiger charge is -2.44. The molecular weight excluding hydrogens is 262 g/mol. The van der Waals surface area contributed by atoms with Crippen molar-refractivity contribution < 1.29 is 19.5 Å². The molecule has 0 atom stereocenters. The lowest BCUT2D eigenvalue weighted by Crippen LogP contribution is -2.56. The number of rotatable bonds is 5. The molecule has 3 N–H and O–H groups in total. The molecule has 7 heteroatoms. The molecule has 3 amide bonds. The molecule has 0 heterocycles. The maximum atomic E-state index is 12.3. The Morgan fingerprint density at radius 3 is 2.15 bits per heavy atom. The summed E-state index contributed by atoms with van der Waals surface area (Å²) in [6.45, 7) is -0.174. The van der Waals surface area contributed by atoms with Crippen LogP contribution in [-0.2, 0) is 9.59 Å². The van der Waals surface area contributed by atoms with Gasteiger partial charge in [0, 0.05) is 14.1 Å². The third-order valence-corrected chi connectivity index (χ3v) is 3.98.